The molecule has 0 amide bonds. The van der Waals surface area contributed by atoms with Crippen LogP contribution < -0.4 is 4.46 Å². The molecule has 0 bridgehead atoms. The Morgan fingerprint density at radius 2 is 1.48 bits per heavy atom. The average Bonchev–Trinajstić information content (AvgIpc) is 2.55. The maximum atomic E-state index is 13.1. The number of hydrogen-bond donors (Lipinski definition) is 0. The molecular formula is C19H24O2SeSi. The fourth-order valence-electron chi connectivity index (χ4n) is 2.40. The van der Waals surface area contributed by atoms with Crippen LogP contribution in [0.25, 0.3) is 0 Å². The Balaban J connectivity index is 2.37. The topological polar surface area (TPSA) is 26.3 Å². The van der Waals surface area contributed by atoms with E-state index in [9.17, 15) is 4.79 Å². The minimum atomic E-state index is -1.89. The average molecular weight is 391 g/mol. The monoisotopic (exact) mass is 392 g/mol. The number of hydrogen-bond acceptors (Lipinski definition) is 2. The molecule has 2 aromatic carbocycles. The van der Waals surface area contributed by atoms with Crippen molar-refractivity contribution < 1.29 is 9.53 Å². The fourth-order valence-corrected chi connectivity index (χ4v) is 8.26. The second-order valence-electron chi connectivity index (χ2n) is 6.53. The van der Waals surface area contributed by atoms with Crippen molar-refractivity contribution in [2.75, 3.05) is 7.11 Å². The summed E-state index contributed by atoms with van der Waals surface area (Å²) in [5.74, 6) is 0. The molecule has 0 fully saturated rings. The van der Waals surface area contributed by atoms with E-state index in [4.69, 9.17) is 4.74 Å². The summed E-state index contributed by atoms with van der Waals surface area (Å²) in [6, 6.07) is 20.4. The summed E-state index contributed by atoms with van der Waals surface area (Å²) in [5, 5.41) is 0.400. The Morgan fingerprint density at radius 3 is 1.96 bits per heavy atom. The van der Waals surface area contributed by atoms with E-state index in [2.05, 4.69) is 43.9 Å². The van der Waals surface area contributed by atoms with Crippen LogP contribution in [0.4, 0.5) is 0 Å². The van der Waals surface area contributed by atoms with Crippen molar-refractivity contribution in [1.29, 1.82) is 0 Å². The van der Waals surface area contributed by atoms with Gasteiger partial charge in [0.1, 0.15) is 0 Å². The van der Waals surface area contributed by atoms with E-state index in [1.165, 1.54) is 4.46 Å². The second-order valence-corrected chi connectivity index (χ2v) is 14.1. The SMILES string of the molecule is CO[C@H](c1ccccc1)C([Se]c1ccccc1)C(=O)[Si](C)(C)C. The van der Waals surface area contributed by atoms with Crippen molar-refractivity contribution in [2.45, 2.75) is 30.6 Å². The van der Waals surface area contributed by atoms with Crippen LogP contribution in [0.3, 0.4) is 0 Å². The summed E-state index contributed by atoms with van der Waals surface area (Å²) in [4.78, 5) is 13.1. The molecule has 0 aromatic heterocycles. The maximum absolute atomic E-state index is 13.1. The van der Waals surface area contributed by atoms with Gasteiger partial charge in [0.25, 0.3) is 0 Å². The van der Waals surface area contributed by atoms with Gasteiger partial charge in [0.15, 0.2) is 0 Å². The summed E-state index contributed by atoms with van der Waals surface area (Å²) in [6.45, 7) is 6.38. The van der Waals surface area contributed by atoms with Crippen molar-refractivity contribution in [3.63, 3.8) is 0 Å². The van der Waals surface area contributed by atoms with Crippen LogP contribution in [-0.2, 0) is 9.53 Å². The van der Waals surface area contributed by atoms with E-state index < -0.39 is 8.07 Å². The van der Waals surface area contributed by atoms with E-state index in [0.29, 0.717) is 5.41 Å². The number of carbonyl (C=O) groups is 1. The molecule has 2 rings (SSSR count). The van der Waals surface area contributed by atoms with Crippen LogP contribution in [0, 0.1) is 0 Å². The van der Waals surface area contributed by atoms with Crippen LogP contribution in [0.15, 0.2) is 60.7 Å². The molecule has 0 saturated heterocycles. The van der Waals surface area contributed by atoms with Crippen LogP contribution in [0.1, 0.15) is 11.7 Å². The first-order valence-corrected chi connectivity index (χ1v) is 13.1. The molecule has 4 heteroatoms. The van der Waals surface area contributed by atoms with E-state index >= 15 is 0 Å². The Hall–Kier alpha value is -1.19. The van der Waals surface area contributed by atoms with Gasteiger partial charge in [-0.25, -0.2) is 0 Å². The number of ether oxygens (including phenoxy) is 1. The molecule has 2 nitrogen and oxygen atoms in total. The molecule has 0 aliphatic rings. The zero-order valence-corrected chi connectivity index (χ0v) is 16.9. The predicted molar refractivity (Wildman–Crippen MR) is 100 cm³/mol. The molecule has 0 saturated carbocycles. The van der Waals surface area contributed by atoms with Gasteiger partial charge in [-0.3, -0.25) is 0 Å². The standard InChI is InChI=1S/C19H24O2SeSi/c1-21-17(15-11-7-5-8-12-15)18(19(20)23(2,3)4)22-16-13-9-6-10-14-16/h5-14,17-18H,1-4H3/t17-,18?/m1/s1. The van der Waals surface area contributed by atoms with Gasteiger partial charge in [-0.05, 0) is 0 Å². The first-order chi connectivity index (χ1) is 10.9. The van der Waals surface area contributed by atoms with Gasteiger partial charge >= 0.3 is 146 Å². The summed E-state index contributed by atoms with van der Waals surface area (Å²) >= 11 is 0.0507. The Labute approximate surface area is 146 Å². The quantitative estimate of drug-likeness (QED) is 0.674. The third kappa shape index (κ3) is 4.89. The zero-order chi connectivity index (χ0) is 16.9. The van der Waals surface area contributed by atoms with Crippen LogP contribution in [-0.4, -0.2) is 35.5 Å². The number of carbonyl (C=O) groups excluding carboxylic acids is 1. The summed E-state index contributed by atoms with van der Waals surface area (Å²) < 4.78 is 7.05. The van der Waals surface area contributed by atoms with Crippen molar-refractivity contribution >= 4 is 32.9 Å². The molecule has 0 spiro atoms. The second kappa shape index (κ2) is 8.07. The fraction of sp³-hybridized carbons (Fsp3) is 0.316. The van der Waals surface area contributed by atoms with Gasteiger partial charge in [0, 0.05) is 0 Å². The Bertz CT molecular complexity index is 623. The Morgan fingerprint density at radius 1 is 0.957 bits per heavy atom. The summed E-state index contributed by atoms with van der Waals surface area (Å²) in [6.07, 6.45) is -0.171. The molecule has 0 radical (unpaired) electrons. The van der Waals surface area contributed by atoms with Crippen molar-refractivity contribution in [3.8, 4) is 0 Å². The molecular weight excluding hydrogens is 367 g/mol. The summed E-state index contributed by atoms with van der Waals surface area (Å²) in [7, 11) is -0.181. The Kier molecular flexibility index (Phi) is 6.37. The zero-order valence-electron chi connectivity index (χ0n) is 14.2. The normalized spacial score (nSPS) is 14.3. The predicted octanol–water partition coefficient (Wildman–Crippen LogP) is 3.64. The van der Waals surface area contributed by atoms with Gasteiger partial charge in [-0.2, -0.15) is 0 Å². The van der Waals surface area contributed by atoms with Gasteiger partial charge in [0.2, 0.25) is 0 Å². The van der Waals surface area contributed by atoms with E-state index in [1.807, 2.05) is 36.4 Å². The third-order valence-electron chi connectivity index (χ3n) is 3.66. The number of benzene rings is 2. The van der Waals surface area contributed by atoms with E-state index in [-0.39, 0.29) is 25.9 Å². The molecule has 0 aliphatic heterocycles. The number of methoxy groups -OCH3 is 1. The molecule has 1 unspecified atom stereocenters. The molecule has 2 atom stereocenters. The molecule has 0 aliphatic carbocycles. The van der Waals surface area contributed by atoms with Gasteiger partial charge in [-0.1, -0.05) is 0 Å². The molecule has 2 aromatic rings. The molecule has 0 N–H and O–H groups in total. The van der Waals surface area contributed by atoms with Gasteiger partial charge in [0.05, 0.1) is 0 Å². The van der Waals surface area contributed by atoms with Crippen molar-refractivity contribution in [3.05, 3.63) is 66.2 Å². The molecule has 23 heavy (non-hydrogen) atoms. The van der Waals surface area contributed by atoms with Crippen LogP contribution in [0.2, 0.25) is 24.5 Å². The molecule has 0 heterocycles. The van der Waals surface area contributed by atoms with Crippen molar-refractivity contribution in [1.82, 2.24) is 0 Å². The minimum absolute atomic E-state index is 0.0507. The first-order valence-electron chi connectivity index (χ1n) is 7.77. The van der Waals surface area contributed by atoms with E-state index in [1.54, 1.807) is 7.11 Å². The number of rotatable bonds is 7. The van der Waals surface area contributed by atoms with Gasteiger partial charge < -0.3 is 0 Å². The molecule has 122 valence electrons. The van der Waals surface area contributed by atoms with Crippen LogP contribution in [0.5, 0.6) is 0 Å². The van der Waals surface area contributed by atoms with Crippen molar-refractivity contribution in [2.24, 2.45) is 0 Å². The van der Waals surface area contributed by atoms with Crippen LogP contribution >= 0.6 is 0 Å². The van der Waals surface area contributed by atoms with Gasteiger partial charge in [-0.15, -0.1) is 0 Å². The summed E-state index contributed by atoms with van der Waals surface area (Å²) in [5.41, 5.74) is 1.09. The first kappa shape index (κ1) is 18.1. The van der Waals surface area contributed by atoms with E-state index in [0.717, 1.165) is 5.56 Å². The third-order valence-corrected chi connectivity index (χ3v) is 8.56.